The molecule has 1 aliphatic heterocycles. The SMILES string of the molecule is CS/C=C\CC#Cc1ncnn1C1OC(CN=O)C(O)C1O. The number of aliphatic hydroxyl groups excluding tert-OH is 2. The van der Waals surface area contributed by atoms with E-state index in [-0.39, 0.29) is 6.54 Å². The Balaban J connectivity index is 2.12. The molecule has 0 aromatic carbocycles. The zero-order chi connectivity index (χ0) is 15.9. The van der Waals surface area contributed by atoms with Gasteiger partial charge >= 0.3 is 0 Å². The van der Waals surface area contributed by atoms with Crippen LogP contribution in [0.3, 0.4) is 0 Å². The molecule has 0 amide bonds. The summed E-state index contributed by atoms with van der Waals surface area (Å²) in [7, 11) is 0. The average Bonchev–Trinajstić information content (AvgIpc) is 3.07. The normalized spacial score (nSPS) is 27.8. The van der Waals surface area contributed by atoms with E-state index in [0.717, 1.165) is 0 Å². The predicted octanol–water partition coefficient (Wildman–Crippen LogP) is 0.282. The van der Waals surface area contributed by atoms with Crippen molar-refractivity contribution in [3.05, 3.63) is 28.5 Å². The molecule has 118 valence electrons. The molecule has 4 unspecified atom stereocenters. The number of hydrogen-bond acceptors (Lipinski definition) is 8. The third kappa shape index (κ3) is 3.72. The van der Waals surface area contributed by atoms with Gasteiger partial charge in [-0.25, -0.2) is 9.67 Å². The predicted molar refractivity (Wildman–Crippen MR) is 80.8 cm³/mol. The molecular weight excluding hydrogens is 308 g/mol. The first-order valence-electron chi connectivity index (χ1n) is 6.56. The molecular formula is C13H16N4O4S. The maximum Gasteiger partial charge on any atom is 0.205 e. The van der Waals surface area contributed by atoms with Crippen LogP contribution in [0, 0.1) is 16.7 Å². The summed E-state index contributed by atoms with van der Waals surface area (Å²) in [6.07, 6.45) is 1.45. The summed E-state index contributed by atoms with van der Waals surface area (Å²) in [6.45, 7) is -0.246. The van der Waals surface area contributed by atoms with E-state index < -0.39 is 24.5 Å². The van der Waals surface area contributed by atoms with Gasteiger partial charge < -0.3 is 14.9 Å². The van der Waals surface area contributed by atoms with Crippen LogP contribution in [0.25, 0.3) is 0 Å². The summed E-state index contributed by atoms with van der Waals surface area (Å²) in [5.74, 6) is 6.05. The van der Waals surface area contributed by atoms with Gasteiger partial charge in [0, 0.05) is 6.42 Å². The molecule has 0 radical (unpaired) electrons. The Hall–Kier alpha value is -1.73. The van der Waals surface area contributed by atoms with Gasteiger partial charge in [-0.05, 0) is 17.6 Å². The Labute approximate surface area is 131 Å². The Morgan fingerprint density at radius 2 is 2.36 bits per heavy atom. The van der Waals surface area contributed by atoms with Crippen molar-refractivity contribution in [2.24, 2.45) is 5.18 Å². The van der Waals surface area contributed by atoms with E-state index in [1.807, 2.05) is 17.7 Å². The smallest absolute Gasteiger partial charge is 0.205 e. The molecule has 1 aliphatic rings. The number of rotatable bonds is 5. The maximum atomic E-state index is 10.3. The summed E-state index contributed by atoms with van der Waals surface area (Å²) >= 11 is 1.58. The fraction of sp³-hybridized carbons (Fsp3) is 0.538. The molecule has 2 rings (SSSR count). The monoisotopic (exact) mass is 324 g/mol. The molecule has 1 aromatic rings. The highest BCUT2D eigenvalue weighted by molar-refractivity contribution is 8.01. The van der Waals surface area contributed by atoms with Crippen molar-refractivity contribution in [2.75, 3.05) is 12.8 Å². The first-order chi connectivity index (χ1) is 10.7. The molecule has 4 atom stereocenters. The summed E-state index contributed by atoms with van der Waals surface area (Å²) in [6, 6.07) is 0. The molecule has 0 aliphatic carbocycles. The van der Waals surface area contributed by atoms with Gasteiger partial charge in [0.15, 0.2) is 6.23 Å². The van der Waals surface area contributed by atoms with Crippen LogP contribution in [0.4, 0.5) is 0 Å². The highest BCUT2D eigenvalue weighted by atomic mass is 32.2. The molecule has 2 N–H and O–H groups in total. The highest BCUT2D eigenvalue weighted by Crippen LogP contribution is 2.29. The van der Waals surface area contributed by atoms with Crippen molar-refractivity contribution < 1.29 is 14.9 Å². The van der Waals surface area contributed by atoms with Crippen LogP contribution in [0.1, 0.15) is 18.5 Å². The van der Waals surface area contributed by atoms with Crippen molar-refractivity contribution >= 4 is 11.8 Å². The molecule has 1 fully saturated rings. The van der Waals surface area contributed by atoms with Crippen LogP contribution < -0.4 is 0 Å². The Bertz CT molecular complexity index is 594. The van der Waals surface area contributed by atoms with E-state index in [1.165, 1.54) is 11.0 Å². The molecule has 9 heteroatoms. The Morgan fingerprint density at radius 3 is 3.09 bits per heavy atom. The molecule has 8 nitrogen and oxygen atoms in total. The molecule has 0 spiro atoms. The minimum absolute atomic E-state index is 0.246. The van der Waals surface area contributed by atoms with Gasteiger partial charge in [-0.3, -0.25) is 0 Å². The Kier molecular flexibility index (Phi) is 6.09. The standard InChI is InChI=1S/C13H16N4O4S/c1-22-6-4-2-3-5-10-14-8-15-17(10)13-12(19)11(18)9(21-13)7-16-20/h4,6,8-9,11-13,18-19H,2,7H2,1H3/b6-4-. The number of nitrogens with zero attached hydrogens (tertiary/aromatic N) is 4. The van der Waals surface area contributed by atoms with Crippen molar-refractivity contribution in [2.45, 2.75) is 31.0 Å². The summed E-state index contributed by atoms with van der Waals surface area (Å²) < 4.78 is 6.73. The van der Waals surface area contributed by atoms with Crippen molar-refractivity contribution in [3.8, 4) is 11.8 Å². The average molecular weight is 324 g/mol. The van der Waals surface area contributed by atoms with Gasteiger partial charge in [-0.2, -0.15) is 10.0 Å². The van der Waals surface area contributed by atoms with E-state index in [1.54, 1.807) is 11.8 Å². The van der Waals surface area contributed by atoms with E-state index >= 15 is 0 Å². The third-order valence-electron chi connectivity index (χ3n) is 3.06. The topological polar surface area (TPSA) is 110 Å². The van der Waals surface area contributed by atoms with Gasteiger partial charge in [-0.15, -0.1) is 11.8 Å². The summed E-state index contributed by atoms with van der Waals surface area (Å²) in [4.78, 5) is 14.3. The lowest BCUT2D eigenvalue weighted by Gasteiger charge is -2.15. The zero-order valence-corrected chi connectivity index (χ0v) is 12.7. The fourth-order valence-electron chi connectivity index (χ4n) is 2.01. The van der Waals surface area contributed by atoms with Crippen LogP contribution in [0.15, 0.2) is 23.0 Å². The van der Waals surface area contributed by atoms with Gasteiger partial charge in [0.2, 0.25) is 5.82 Å². The third-order valence-corrected chi connectivity index (χ3v) is 3.52. The first kappa shape index (κ1) is 16.6. The number of nitroso groups, excluding NO2 is 1. The van der Waals surface area contributed by atoms with E-state index in [2.05, 4.69) is 27.1 Å². The van der Waals surface area contributed by atoms with Crippen molar-refractivity contribution in [3.63, 3.8) is 0 Å². The molecule has 0 bridgehead atoms. The van der Waals surface area contributed by atoms with E-state index in [9.17, 15) is 15.1 Å². The Morgan fingerprint density at radius 1 is 1.55 bits per heavy atom. The summed E-state index contributed by atoms with van der Waals surface area (Å²) in [5.41, 5.74) is 0. The minimum atomic E-state index is -1.23. The number of ether oxygens (including phenoxy) is 1. The largest absolute Gasteiger partial charge is 0.387 e. The quantitative estimate of drug-likeness (QED) is 0.591. The van der Waals surface area contributed by atoms with Crippen LogP contribution in [-0.2, 0) is 4.74 Å². The van der Waals surface area contributed by atoms with Gasteiger partial charge in [0.1, 0.15) is 31.2 Å². The molecule has 2 heterocycles. The zero-order valence-electron chi connectivity index (χ0n) is 11.9. The second-order valence-electron chi connectivity index (χ2n) is 4.50. The second-order valence-corrected chi connectivity index (χ2v) is 5.24. The lowest BCUT2D eigenvalue weighted by atomic mass is 10.1. The maximum absolute atomic E-state index is 10.3. The number of hydrogen-bond donors (Lipinski definition) is 2. The van der Waals surface area contributed by atoms with E-state index in [0.29, 0.717) is 12.2 Å². The first-order valence-corrected chi connectivity index (χ1v) is 7.84. The highest BCUT2D eigenvalue weighted by Gasteiger charge is 2.44. The van der Waals surface area contributed by atoms with Gasteiger partial charge in [-0.1, -0.05) is 17.2 Å². The number of aromatic nitrogens is 3. The molecule has 22 heavy (non-hydrogen) atoms. The van der Waals surface area contributed by atoms with E-state index in [4.69, 9.17) is 4.74 Å². The lowest BCUT2D eigenvalue weighted by Crippen LogP contribution is -2.33. The molecule has 1 aromatic heterocycles. The number of aliphatic hydroxyl groups is 2. The minimum Gasteiger partial charge on any atom is -0.387 e. The summed E-state index contributed by atoms with van der Waals surface area (Å²) in [5, 5.41) is 28.4. The van der Waals surface area contributed by atoms with Gasteiger partial charge in [0.05, 0.1) is 0 Å². The van der Waals surface area contributed by atoms with Crippen molar-refractivity contribution in [1.29, 1.82) is 0 Å². The lowest BCUT2D eigenvalue weighted by molar-refractivity contribution is -0.0424. The van der Waals surface area contributed by atoms with Gasteiger partial charge in [0.25, 0.3) is 0 Å². The fourth-order valence-corrected chi connectivity index (χ4v) is 2.30. The van der Waals surface area contributed by atoms with Crippen LogP contribution >= 0.6 is 11.8 Å². The molecule has 0 saturated carbocycles. The van der Waals surface area contributed by atoms with Crippen LogP contribution in [0.2, 0.25) is 0 Å². The molecule has 1 saturated heterocycles. The van der Waals surface area contributed by atoms with Crippen molar-refractivity contribution in [1.82, 2.24) is 14.8 Å². The number of thioether (sulfide) groups is 1. The number of allylic oxidation sites excluding steroid dienone is 1. The van der Waals surface area contributed by atoms with Crippen LogP contribution in [-0.4, -0.2) is 56.1 Å². The van der Waals surface area contributed by atoms with Crippen LogP contribution in [0.5, 0.6) is 0 Å². The second kappa shape index (κ2) is 8.05.